The van der Waals surface area contributed by atoms with E-state index in [9.17, 15) is 0 Å². The summed E-state index contributed by atoms with van der Waals surface area (Å²) in [6.45, 7) is 8.69. The van der Waals surface area contributed by atoms with Crippen LogP contribution in [0.1, 0.15) is 39.3 Å². The van der Waals surface area contributed by atoms with Gasteiger partial charge >= 0.3 is 0 Å². The largest absolute Gasteiger partial charge is 0.446 e. The fourth-order valence-electron chi connectivity index (χ4n) is 1.38. The molecule has 0 spiro atoms. The van der Waals surface area contributed by atoms with Crippen LogP contribution in [0, 0.1) is 5.41 Å². The molecule has 1 rings (SSSR count). The summed E-state index contributed by atoms with van der Waals surface area (Å²) in [6.07, 6.45) is 3.63. The number of hydrogen-bond donors (Lipinski definition) is 1. The Morgan fingerprint density at radius 2 is 2.13 bits per heavy atom. The molecule has 0 saturated heterocycles. The number of nitrogens with one attached hydrogen (secondary N) is 1. The minimum absolute atomic E-state index is 0.233. The predicted molar refractivity (Wildman–Crippen MR) is 61.9 cm³/mol. The highest BCUT2D eigenvalue weighted by atomic mass is 16.4. The van der Waals surface area contributed by atoms with Gasteiger partial charge in [-0.3, -0.25) is 0 Å². The molecule has 15 heavy (non-hydrogen) atoms. The molecule has 0 amide bonds. The summed E-state index contributed by atoms with van der Waals surface area (Å²) in [7, 11) is 1.96. The van der Waals surface area contributed by atoms with Crippen LogP contribution in [0.3, 0.4) is 0 Å². The Morgan fingerprint density at radius 3 is 2.67 bits per heavy atom. The number of aromatic nitrogens is 1. The van der Waals surface area contributed by atoms with E-state index in [1.807, 2.05) is 13.2 Å². The molecule has 1 unspecified atom stereocenters. The van der Waals surface area contributed by atoms with Crippen molar-refractivity contribution in [2.24, 2.45) is 5.41 Å². The lowest BCUT2D eigenvalue weighted by Gasteiger charge is -2.14. The van der Waals surface area contributed by atoms with Crippen molar-refractivity contribution in [2.75, 3.05) is 7.05 Å². The molecular formula is C12H22N2O. The lowest BCUT2D eigenvalue weighted by molar-refractivity contribution is 0.342. The molecule has 0 aliphatic heterocycles. The van der Waals surface area contributed by atoms with E-state index in [4.69, 9.17) is 4.42 Å². The monoisotopic (exact) mass is 210 g/mol. The van der Waals surface area contributed by atoms with Crippen LogP contribution >= 0.6 is 0 Å². The number of likely N-dealkylation sites (N-methyl/N-ethyl adjacent to an activating group) is 1. The number of rotatable bonds is 4. The van der Waals surface area contributed by atoms with E-state index in [1.165, 1.54) is 0 Å². The zero-order valence-corrected chi connectivity index (χ0v) is 10.4. The van der Waals surface area contributed by atoms with Gasteiger partial charge < -0.3 is 9.73 Å². The van der Waals surface area contributed by atoms with Gasteiger partial charge in [-0.05, 0) is 19.4 Å². The van der Waals surface area contributed by atoms with Gasteiger partial charge in [0.15, 0.2) is 5.89 Å². The summed E-state index contributed by atoms with van der Waals surface area (Å²) < 4.78 is 5.68. The molecule has 86 valence electrons. The molecule has 0 aromatic carbocycles. The molecule has 1 heterocycles. The van der Waals surface area contributed by atoms with E-state index < -0.39 is 0 Å². The number of oxazole rings is 1. The normalized spacial score (nSPS) is 14.2. The Balaban J connectivity index is 2.56. The summed E-state index contributed by atoms with van der Waals surface area (Å²) in [4.78, 5) is 4.29. The third-order valence-electron chi connectivity index (χ3n) is 2.28. The van der Waals surface area contributed by atoms with Gasteiger partial charge in [0, 0.05) is 18.9 Å². The van der Waals surface area contributed by atoms with Crippen molar-refractivity contribution >= 4 is 0 Å². The molecule has 1 N–H and O–H groups in total. The van der Waals surface area contributed by atoms with E-state index >= 15 is 0 Å². The van der Waals surface area contributed by atoms with E-state index in [-0.39, 0.29) is 5.41 Å². The van der Waals surface area contributed by atoms with Crippen LogP contribution in [0.25, 0.3) is 0 Å². The standard InChI is InChI=1S/C12H22N2O/c1-9(13-5)6-10-8-14-11(15-10)7-12(2,3)4/h8-9,13H,6-7H2,1-5H3. The molecule has 1 aromatic rings. The minimum Gasteiger partial charge on any atom is -0.446 e. The van der Waals surface area contributed by atoms with Crippen molar-refractivity contribution in [3.8, 4) is 0 Å². The van der Waals surface area contributed by atoms with Gasteiger partial charge in [-0.15, -0.1) is 0 Å². The van der Waals surface area contributed by atoms with Crippen LogP contribution in [0.4, 0.5) is 0 Å². The van der Waals surface area contributed by atoms with Crippen LogP contribution in [0.15, 0.2) is 10.6 Å². The second-order valence-corrected chi connectivity index (χ2v) is 5.35. The molecule has 0 fully saturated rings. The Labute approximate surface area is 92.3 Å². The molecule has 1 atom stereocenters. The zero-order valence-electron chi connectivity index (χ0n) is 10.4. The van der Waals surface area contributed by atoms with Crippen LogP contribution in [0.5, 0.6) is 0 Å². The van der Waals surface area contributed by atoms with Gasteiger partial charge in [0.1, 0.15) is 5.76 Å². The molecule has 0 aliphatic rings. The van der Waals surface area contributed by atoms with Crippen molar-refractivity contribution in [2.45, 2.75) is 46.6 Å². The van der Waals surface area contributed by atoms with Gasteiger partial charge in [-0.2, -0.15) is 0 Å². The summed E-state index contributed by atoms with van der Waals surface area (Å²) in [5.41, 5.74) is 0.233. The summed E-state index contributed by atoms with van der Waals surface area (Å²) in [5, 5.41) is 3.18. The van der Waals surface area contributed by atoms with Gasteiger partial charge in [0.2, 0.25) is 0 Å². The molecule has 0 bridgehead atoms. The number of hydrogen-bond acceptors (Lipinski definition) is 3. The average Bonchev–Trinajstić information content (AvgIpc) is 2.49. The first-order valence-electron chi connectivity index (χ1n) is 5.51. The van der Waals surface area contributed by atoms with E-state index in [2.05, 4.69) is 38.0 Å². The Morgan fingerprint density at radius 1 is 1.47 bits per heavy atom. The highest BCUT2D eigenvalue weighted by Crippen LogP contribution is 2.20. The molecule has 3 nitrogen and oxygen atoms in total. The summed E-state index contributed by atoms with van der Waals surface area (Å²) in [5.74, 6) is 1.82. The van der Waals surface area contributed by atoms with Crippen molar-refractivity contribution in [3.05, 3.63) is 17.8 Å². The fourth-order valence-corrected chi connectivity index (χ4v) is 1.38. The highest BCUT2D eigenvalue weighted by molar-refractivity contribution is 4.97. The van der Waals surface area contributed by atoms with E-state index in [0.29, 0.717) is 6.04 Å². The summed E-state index contributed by atoms with van der Waals surface area (Å²) in [6, 6.07) is 0.431. The van der Waals surface area contributed by atoms with E-state index in [1.54, 1.807) is 0 Å². The molecule has 0 radical (unpaired) electrons. The maximum absolute atomic E-state index is 5.68. The fraction of sp³-hybridized carbons (Fsp3) is 0.750. The first kappa shape index (κ1) is 12.2. The first-order valence-corrected chi connectivity index (χ1v) is 5.51. The van der Waals surface area contributed by atoms with E-state index in [0.717, 1.165) is 24.5 Å². The smallest absolute Gasteiger partial charge is 0.194 e. The van der Waals surface area contributed by atoms with Crippen molar-refractivity contribution in [1.82, 2.24) is 10.3 Å². The van der Waals surface area contributed by atoms with Crippen LogP contribution in [-0.4, -0.2) is 18.1 Å². The van der Waals surface area contributed by atoms with Gasteiger partial charge in [0.05, 0.1) is 6.20 Å². The minimum atomic E-state index is 0.233. The third-order valence-corrected chi connectivity index (χ3v) is 2.28. The van der Waals surface area contributed by atoms with Crippen molar-refractivity contribution < 1.29 is 4.42 Å². The number of nitrogens with zero attached hydrogens (tertiary/aromatic N) is 1. The summed E-state index contributed by atoms with van der Waals surface area (Å²) >= 11 is 0. The molecular weight excluding hydrogens is 188 g/mol. The second kappa shape index (κ2) is 4.79. The van der Waals surface area contributed by atoms with Crippen molar-refractivity contribution in [3.63, 3.8) is 0 Å². The molecule has 3 heteroatoms. The van der Waals surface area contributed by atoms with Crippen LogP contribution in [0.2, 0.25) is 0 Å². The highest BCUT2D eigenvalue weighted by Gasteiger charge is 2.15. The Kier molecular flexibility index (Phi) is 3.91. The molecule has 1 aromatic heterocycles. The topological polar surface area (TPSA) is 38.1 Å². The Bertz CT molecular complexity index is 299. The molecule has 0 aliphatic carbocycles. The van der Waals surface area contributed by atoms with Gasteiger partial charge in [-0.1, -0.05) is 20.8 Å². The second-order valence-electron chi connectivity index (χ2n) is 5.35. The van der Waals surface area contributed by atoms with Gasteiger partial charge in [0.25, 0.3) is 0 Å². The van der Waals surface area contributed by atoms with Crippen LogP contribution < -0.4 is 5.32 Å². The first-order chi connectivity index (χ1) is 6.90. The molecule has 0 saturated carbocycles. The predicted octanol–water partition coefficient (Wildman–Crippen LogP) is 2.41. The maximum Gasteiger partial charge on any atom is 0.194 e. The lowest BCUT2D eigenvalue weighted by Crippen LogP contribution is -2.23. The quantitative estimate of drug-likeness (QED) is 0.829. The third kappa shape index (κ3) is 4.47. The average molecular weight is 210 g/mol. The SMILES string of the molecule is CNC(C)Cc1cnc(CC(C)(C)C)o1. The van der Waals surface area contributed by atoms with Crippen LogP contribution in [-0.2, 0) is 12.8 Å². The lowest BCUT2D eigenvalue weighted by atomic mass is 9.92. The zero-order chi connectivity index (χ0) is 11.5. The Hall–Kier alpha value is -0.830. The van der Waals surface area contributed by atoms with Gasteiger partial charge in [-0.25, -0.2) is 4.98 Å². The maximum atomic E-state index is 5.68. The van der Waals surface area contributed by atoms with Crippen molar-refractivity contribution in [1.29, 1.82) is 0 Å².